The molecule has 1 aliphatic carbocycles. The van der Waals surface area contributed by atoms with E-state index in [0.29, 0.717) is 27.3 Å². The summed E-state index contributed by atoms with van der Waals surface area (Å²) in [7, 11) is 0. The van der Waals surface area contributed by atoms with E-state index in [0.717, 1.165) is 12.8 Å². The van der Waals surface area contributed by atoms with E-state index in [1.807, 2.05) is 0 Å². The highest BCUT2D eigenvalue weighted by Gasteiger charge is 2.26. The van der Waals surface area contributed by atoms with Crippen LogP contribution in [-0.4, -0.2) is 6.04 Å². The maximum absolute atomic E-state index is 13.5. The van der Waals surface area contributed by atoms with Gasteiger partial charge in [-0.15, -0.1) is 0 Å². The van der Waals surface area contributed by atoms with Gasteiger partial charge in [0.2, 0.25) is 0 Å². The van der Waals surface area contributed by atoms with Gasteiger partial charge in [-0.3, -0.25) is 0 Å². The van der Waals surface area contributed by atoms with Gasteiger partial charge in [0.15, 0.2) is 0 Å². The molecular weight excluding hydrogens is 295 g/mol. The molecule has 1 aromatic carbocycles. The summed E-state index contributed by atoms with van der Waals surface area (Å²) >= 11 is 3.14. The molecule has 1 aliphatic rings. The SMILES string of the molecule is CC1(C)CCC(Nc2cc(F)c(Br)cc2N)CC1. The average molecular weight is 315 g/mol. The smallest absolute Gasteiger partial charge is 0.139 e. The minimum atomic E-state index is -0.275. The third kappa shape index (κ3) is 3.16. The maximum Gasteiger partial charge on any atom is 0.139 e. The zero-order chi connectivity index (χ0) is 13.3. The Balaban J connectivity index is 2.04. The van der Waals surface area contributed by atoms with Crippen LogP contribution in [0.2, 0.25) is 0 Å². The first-order valence-electron chi connectivity index (χ1n) is 6.38. The van der Waals surface area contributed by atoms with Gasteiger partial charge < -0.3 is 11.1 Å². The number of halogens is 2. The minimum Gasteiger partial charge on any atom is -0.397 e. The number of benzene rings is 1. The van der Waals surface area contributed by atoms with E-state index in [2.05, 4.69) is 35.1 Å². The fourth-order valence-electron chi connectivity index (χ4n) is 2.45. The summed E-state index contributed by atoms with van der Waals surface area (Å²) in [5.74, 6) is -0.275. The molecule has 4 heteroatoms. The van der Waals surface area contributed by atoms with Crippen molar-refractivity contribution in [1.82, 2.24) is 0 Å². The van der Waals surface area contributed by atoms with Gasteiger partial charge in [-0.05, 0) is 53.1 Å². The molecule has 100 valence electrons. The summed E-state index contributed by atoms with van der Waals surface area (Å²) in [6.07, 6.45) is 4.63. The molecule has 0 heterocycles. The molecule has 18 heavy (non-hydrogen) atoms. The molecule has 2 rings (SSSR count). The first kappa shape index (κ1) is 13.7. The Morgan fingerprint density at radius 2 is 1.94 bits per heavy atom. The van der Waals surface area contributed by atoms with E-state index >= 15 is 0 Å². The second-order valence-electron chi connectivity index (χ2n) is 5.94. The number of nitrogen functional groups attached to an aromatic ring is 1. The van der Waals surface area contributed by atoms with Crippen molar-refractivity contribution in [2.24, 2.45) is 5.41 Å². The highest BCUT2D eigenvalue weighted by Crippen LogP contribution is 2.37. The van der Waals surface area contributed by atoms with Gasteiger partial charge in [-0.25, -0.2) is 4.39 Å². The van der Waals surface area contributed by atoms with Crippen LogP contribution in [0.15, 0.2) is 16.6 Å². The Kier molecular flexibility index (Phi) is 3.85. The number of nitrogens with one attached hydrogen (secondary N) is 1. The van der Waals surface area contributed by atoms with Crippen LogP contribution >= 0.6 is 15.9 Å². The highest BCUT2D eigenvalue weighted by molar-refractivity contribution is 9.10. The fraction of sp³-hybridized carbons (Fsp3) is 0.571. The second kappa shape index (κ2) is 5.08. The fourth-order valence-corrected chi connectivity index (χ4v) is 2.81. The van der Waals surface area contributed by atoms with Crippen LogP contribution in [0.5, 0.6) is 0 Å². The molecular formula is C14H20BrFN2. The van der Waals surface area contributed by atoms with Crippen molar-refractivity contribution in [3.8, 4) is 0 Å². The molecule has 1 saturated carbocycles. The first-order valence-corrected chi connectivity index (χ1v) is 7.18. The van der Waals surface area contributed by atoms with Crippen LogP contribution in [0.4, 0.5) is 15.8 Å². The minimum absolute atomic E-state index is 0.275. The zero-order valence-corrected chi connectivity index (χ0v) is 12.5. The molecule has 1 fully saturated rings. The molecule has 0 bridgehead atoms. The third-order valence-electron chi connectivity index (χ3n) is 3.79. The Morgan fingerprint density at radius 3 is 2.56 bits per heavy atom. The summed E-state index contributed by atoms with van der Waals surface area (Å²) in [6.45, 7) is 4.60. The molecule has 0 aliphatic heterocycles. The number of nitrogens with two attached hydrogens (primary N) is 1. The van der Waals surface area contributed by atoms with Crippen LogP contribution in [0, 0.1) is 11.2 Å². The summed E-state index contributed by atoms with van der Waals surface area (Å²) in [6, 6.07) is 3.49. The highest BCUT2D eigenvalue weighted by atomic mass is 79.9. The lowest BCUT2D eigenvalue weighted by molar-refractivity contribution is 0.232. The van der Waals surface area contributed by atoms with E-state index in [1.165, 1.54) is 18.9 Å². The van der Waals surface area contributed by atoms with Crippen molar-refractivity contribution in [1.29, 1.82) is 0 Å². The zero-order valence-electron chi connectivity index (χ0n) is 10.9. The van der Waals surface area contributed by atoms with Crippen molar-refractivity contribution in [2.75, 3.05) is 11.1 Å². The van der Waals surface area contributed by atoms with Crippen molar-refractivity contribution in [3.63, 3.8) is 0 Å². The van der Waals surface area contributed by atoms with E-state index in [1.54, 1.807) is 6.07 Å². The molecule has 0 radical (unpaired) electrons. The molecule has 0 unspecified atom stereocenters. The number of hydrogen-bond donors (Lipinski definition) is 2. The molecule has 0 spiro atoms. The molecule has 3 N–H and O–H groups in total. The van der Waals surface area contributed by atoms with Crippen molar-refractivity contribution in [3.05, 3.63) is 22.4 Å². The van der Waals surface area contributed by atoms with Crippen LogP contribution in [0.3, 0.4) is 0 Å². The summed E-state index contributed by atoms with van der Waals surface area (Å²) in [5, 5.41) is 3.37. The molecule has 2 nitrogen and oxygen atoms in total. The van der Waals surface area contributed by atoms with Crippen molar-refractivity contribution in [2.45, 2.75) is 45.6 Å². The quantitative estimate of drug-likeness (QED) is 0.786. The Labute approximate surface area is 116 Å². The molecule has 0 aromatic heterocycles. The molecule has 0 amide bonds. The van der Waals surface area contributed by atoms with Crippen molar-refractivity contribution >= 4 is 27.3 Å². The monoisotopic (exact) mass is 314 g/mol. The van der Waals surface area contributed by atoms with Gasteiger partial charge in [0, 0.05) is 12.1 Å². The molecule has 1 aromatic rings. The molecule has 0 atom stereocenters. The predicted octanol–water partition coefficient (Wildman–Crippen LogP) is 4.55. The Hall–Kier alpha value is -0.770. The summed E-state index contributed by atoms with van der Waals surface area (Å²) in [4.78, 5) is 0. The lowest BCUT2D eigenvalue weighted by atomic mass is 9.75. The van der Waals surface area contributed by atoms with E-state index in [4.69, 9.17) is 5.73 Å². The average Bonchev–Trinajstić information content (AvgIpc) is 2.28. The Morgan fingerprint density at radius 1 is 1.33 bits per heavy atom. The van der Waals surface area contributed by atoms with Crippen LogP contribution in [0.25, 0.3) is 0 Å². The van der Waals surface area contributed by atoms with Gasteiger partial charge in [0.1, 0.15) is 5.82 Å². The van der Waals surface area contributed by atoms with E-state index < -0.39 is 0 Å². The summed E-state index contributed by atoms with van der Waals surface area (Å²) in [5.41, 5.74) is 7.64. The van der Waals surface area contributed by atoms with Crippen LogP contribution < -0.4 is 11.1 Å². The largest absolute Gasteiger partial charge is 0.397 e. The normalized spacial score (nSPS) is 19.8. The van der Waals surface area contributed by atoms with Crippen LogP contribution in [0.1, 0.15) is 39.5 Å². The lowest BCUT2D eigenvalue weighted by Crippen LogP contribution is -2.30. The number of hydrogen-bond acceptors (Lipinski definition) is 2. The van der Waals surface area contributed by atoms with Crippen LogP contribution in [-0.2, 0) is 0 Å². The van der Waals surface area contributed by atoms with E-state index in [9.17, 15) is 4.39 Å². The third-order valence-corrected chi connectivity index (χ3v) is 4.40. The van der Waals surface area contributed by atoms with Gasteiger partial charge in [-0.2, -0.15) is 0 Å². The van der Waals surface area contributed by atoms with Crippen molar-refractivity contribution < 1.29 is 4.39 Å². The molecule has 0 saturated heterocycles. The van der Waals surface area contributed by atoms with Gasteiger partial charge >= 0.3 is 0 Å². The maximum atomic E-state index is 13.5. The number of rotatable bonds is 2. The van der Waals surface area contributed by atoms with Gasteiger partial charge in [0.25, 0.3) is 0 Å². The van der Waals surface area contributed by atoms with E-state index in [-0.39, 0.29) is 5.82 Å². The second-order valence-corrected chi connectivity index (χ2v) is 6.79. The lowest BCUT2D eigenvalue weighted by Gasteiger charge is -2.35. The standard InChI is InChI=1S/C14H20BrFN2/c1-14(2)5-3-9(4-6-14)18-13-8-11(16)10(15)7-12(13)17/h7-9,18H,3-6,17H2,1-2H3. The van der Waals surface area contributed by atoms with Gasteiger partial charge in [0.05, 0.1) is 15.8 Å². The first-order chi connectivity index (χ1) is 8.37. The van der Waals surface area contributed by atoms with Gasteiger partial charge in [-0.1, -0.05) is 13.8 Å². The topological polar surface area (TPSA) is 38.0 Å². The number of anilines is 2. The predicted molar refractivity (Wildman–Crippen MR) is 78.2 cm³/mol. The summed E-state index contributed by atoms with van der Waals surface area (Å²) < 4.78 is 13.9. The Bertz CT molecular complexity index is 436.